The third-order valence-electron chi connectivity index (χ3n) is 5.45. The molecule has 1 fully saturated rings. The summed E-state index contributed by atoms with van der Waals surface area (Å²) in [5, 5.41) is 3.40. The van der Waals surface area contributed by atoms with E-state index in [-0.39, 0.29) is 17.9 Å². The van der Waals surface area contributed by atoms with Gasteiger partial charge in [-0.25, -0.2) is 0 Å². The van der Waals surface area contributed by atoms with Crippen molar-refractivity contribution in [2.75, 3.05) is 33.2 Å². The fraction of sp³-hybridized carbons (Fsp3) is 0.391. The molecule has 1 saturated heterocycles. The van der Waals surface area contributed by atoms with E-state index in [4.69, 9.17) is 0 Å². The maximum atomic E-state index is 13.3. The second kappa shape index (κ2) is 9.02. The molecule has 28 heavy (non-hydrogen) atoms. The SMILES string of the molecule is CCc1ccc(C2CNCCN2C(=O)c2cccc(C(=O)N(C)CC)c2)cc1. The summed E-state index contributed by atoms with van der Waals surface area (Å²) in [5.74, 6) is -0.0935. The third kappa shape index (κ3) is 4.25. The Morgan fingerprint density at radius 2 is 1.82 bits per heavy atom. The van der Waals surface area contributed by atoms with Crippen LogP contribution in [0.2, 0.25) is 0 Å². The number of nitrogens with zero attached hydrogens (tertiary/aromatic N) is 2. The van der Waals surface area contributed by atoms with Crippen LogP contribution in [0, 0.1) is 0 Å². The highest BCUT2D eigenvalue weighted by atomic mass is 16.2. The minimum absolute atomic E-state index is 0.00942. The molecule has 0 aliphatic carbocycles. The molecule has 1 N–H and O–H groups in total. The maximum absolute atomic E-state index is 13.3. The van der Waals surface area contributed by atoms with Crippen LogP contribution in [0.4, 0.5) is 0 Å². The maximum Gasteiger partial charge on any atom is 0.254 e. The second-order valence-electron chi connectivity index (χ2n) is 7.21. The lowest BCUT2D eigenvalue weighted by molar-refractivity contribution is 0.0634. The molecule has 2 aromatic rings. The van der Waals surface area contributed by atoms with Gasteiger partial charge in [0.15, 0.2) is 0 Å². The summed E-state index contributed by atoms with van der Waals surface area (Å²) in [4.78, 5) is 29.3. The highest BCUT2D eigenvalue weighted by Gasteiger charge is 2.29. The Morgan fingerprint density at radius 3 is 2.50 bits per heavy atom. The smallest absolute Gasteiger partial charge is 0.254 e. The molecule has 148 valence electrons. The normalized spacial score (nSPS) is 16.7. The van der Waals surface area contributed by atoms with Crippen molar-refractivity contribution in [1.29, 1.82) is 0 Å². The number of benzene rings is 2. The highest BCUT2D eigenvalue weighted by Crippen LogP contribution is 2.25. The number of hydrogen-bond donors (Lipinski definition) is 1. The van der Waals surface area contributed by atoms with Crippen LogP contribution < -0.4 is 5.32 Å². The Hall–Kier alpha value is -2.66. The summed E-state index contributed by atoms with van der Waals surface area (Å²) in [7, 11) is 1.77. The van der Waals surface area contributed by atoms with E-state index >= 15 is 0 Å². The first-order valence-electron chi connectivity index (χ1n) is 10.0. The zero-order valence-electron chi connectivity index (χ0n) is 16.9. The Labute approximate surface area is 167 Å². The predicted octanol–water partition coefficient (Wildman–Crippen LogP) is 3.13. The summed E-state index contributed by atoms with van der Waals surface area (Å²) < 4.78 is 0. The predicted molar refractivity (Wildman–Crippen MR) is 112 cm³/mol. The van der Waals surface area contributed by atoms with Gasteiger partial charge in [-0.2, -0.15) is 0 Å². The first-order chi connectivity index (χ1) is 13.5. The molecular formula is C23H29N3O2. The fourth-order valence-corrected chi connectivity index (χ4v) is 3.54. The van der Waals surface area contributed by atoms with E-state index in [1.807, 2.05) is 11.8 Å². The van der Waals surface area contributed by atoms with Crippen LogP contribution in [-0.4, -0.2) is 54.8 Å². The summed E-state index contributed by atoms with van der Waals surface area (Å²) in [6, 6.07) is 15.6. The Balaban J connectivity index is 1.85. The molecule has 1 aliphatic rings. The molecule has 0 saturated carbocycles. The lowest BCUT2D eigenvalue weighted by Crippen LogP contribution is -2.48. The van der Waals surface area contributed by atoms with Gasteiger partial charge in [-0.15, -0.1) is 0 Å². The topological polar surface area (TPSA) is 52.7 Å². The van der Waals surface area contributed by atoms with Gasteiger partial charge in [0.2, 0.25) is 0 Å². The van der Waals surface area contributed by atoms with Crippen LogP contribution in [0.1, 0.15) is 51.7 Å². The van der Waals surface area contributed by atoms with Crippen LogP contribution in [0.15, 0.2) is 48.5 Å². The summed E-state index contributed by atoms with van der Waals surface area (Å²) in [6.45, 7) is 6.84. The minimum Gasteiger partial charge on any atom is -0.342 e. The molecule has 3 rings (SSSR count). The second-order valence-corrected chi connectivity index (χ2v) is 7.21. The van der Waals surface area contributed by atoms with Gasteiger partial charge in [0.05, 0.1) is 6.04 Å². The largest absolute Gasteiger partial charge is 0.342 e. The summed E-state index contributed by atoms with van der Waals surface area (Å²) >= 11 is 0. The van der Waals surface area contributed by atoms with Gasteiger partial charge in [0.1, 0.15) is 0 Å². The number of carbonyl (C=O) groups excluding carboxylic acids is 2. The molecule has 0 bridgehead atoms. The molecule has 1 aliphatic heterocycles. The molecule has 5 heteroatoms. The molecule has 0 spiro atoms. The molecule has 1 unspecified atom stereocenters. The van der Waals surface area contributed by atoms with Crippen LogP contribution in [0.5, 0.6) is 0 Å². The van der Waals surface area contributed by atoms with E-state index in [0.717, 1.165) is 25.1 Å². The molecule has 2 amide bonds. The third-order valence-corrected chi connectivity index (χ3v) is 5.45. The zero-order valence-corrected chi connectivity index (χ0v) is 16.9. The zero-order chi connectivity index (χ0) is 20.1. The summed E-state index contributed by atoms with van der Waals surface area (Å²) in [6.07, 6.45) is 0.999. The lowest BCUT2D eigenvalue weighted by Gasteiger charge is -2.36. The number of aryl methyl sites for hydroxylation is 1. The van der Waals surface area contributed by atoms with Crippen LogP contribution in [0.3, 0.4) is 0 Å². The monoisotopic (exact) mass is 379 g/mol. The van der Waals surface area contributed by atoms with E-state index < -0.39 is 0 Å². The molecule has 0 radical (unpaired) electrons. The van der Waals surface area contributed by atoms with E-state index in [0.29, 0.717) is 24.2 Å². The van der Waals surface area contributed by atoms with Gasteiger partial charge in [-0.3, -0.25) is 9.59 Å². The van der Waals surface area contributed by atoms with Crippen molar-refractivity contribution in [3.63, 3.8) is 0 Å². The van der Waals surface area contributed by atoms with E-state index in [1.165, 1.54) is 5.56 Å². The van der Waals surface area contributed by atoms with Crippen molar-refractivity contribution in [1.82, 2.24) is 15.1 Å². The van der Waals surface area contributed by atoms with E-state index in [2.05, 4.69) is 36.5 Å². The lowest BCUT2D eigenvalue weighted by atomic mass is 9.99. The van der Waals surface area contributed by atoms with Crippen molar-refractivity contribution in [2.24, 2.45) is 0 Å². The van der Waals surface area contributed by atoms with Gasteiger partial charge < -0.3 is 15.1 Å². The number of piperazine rings is 1. The average Bonchev–Trinajstić information content (AvgIpc) is 2.77. The highest BCUT2D eigenvalue weighted by molar-refractivity contribution is 5.99. The van der Waals surface area contributed by atoms with Crippen molar-refractivity contribution < 1.29 is 9.59 Å². The van der Waals surface area contributed by atoms with Crippen molar-refractivity contribution >= 4 is 11.8 Å². The molecule has 1 heterocycles. The molecule has 5 nitrogen and oxygen atoms in total. The Bertz CT molecular complexity index is 832. The standard InChI is InChI=1S/C23H29N3O2/c1-4-17-9-11-18(12-10-17)21-16-24-13-14-26(21)23(28)20-8-6-7-19(15-20)22(27)25(3)5-2/h6-12,15,21,24H,4-5,13-14,16H2,1-3H3. The quantitative estimate of drug-likeness (QED) is 0.868. The molecule has 2 aromatic carbocycles. The van der Waals surface area contributed by atoms with Crippen LogP contribution in [0.25, 0.3) is 0 Å². The van der Waals surface area contributed by atoms with Crippen LogP contribution >= 0.6 is 0 Å². The molecule has 1 atom stereocenters. The number of amides is 2. The number of nitrogens with one attached hydrogen (secondary N) is 1. The van der Waals surface area contributed by atoms with Gasteiger partial charge in [0, 0.05) is 44.4 Å². The van der Waals surface area contributed by atoms with Crippen molar-refractivity contribution in [3.8, 4) is 0 Å². The van der Waals surface area contributed by atoms with Gasteiger partial charge in [0.25, 0.3) is 11.8 Å². The van der Waals surface area contributed by atoms with Crippen LogP contribution in [-0.2, 0) is 6.42 Å². The number of hydrogen-bond acceptors (Lipinski definition) is 3. The number of carbonyl (C=O) groups is 2. The van der Waals surface area contributed by atoms with E-state index in [9.17, 15) is 9.59 Å². The number of rotatable bonds is 5. The first kappa shape index (κ1) is 20.1. The van der Waals surface area contributed by atoms with Gasteiger partial charge >= 0.3 is 0 Å². The Morgan fingerprint density at radius 1 is 1.11 bits per heavy atom. The minimum atomic E-state index is -0.0656. The van der Waals surface area contributed by atoms with Crippen molar-refractivity contribution in [2.45, 2.75) is 26.3 Å². The molecule has 0 aromatic heterocycles. The summed E-state index contributed by atoms with van der Waals surface area (Å²) in [5.41, 5.74) is 3.54. The average molecular weight is 380 g/mol. The molecular weight excluding hydrogens is 350 g/mol. The van der Waals surface area contributed by atoms with Gasteiger partial charge in [-0.05, 0) is 42.7 Å². The van der Waals surface area contributed by atoms with Crippen molar-refractivity contribution in [3.05, 3.63) is 70.8 Å². The van der Waals surface area contributed by atoms with E-state index in [1.54, 1.807) is 36.2 Å². The van der Waals surface area contributed by atoms with Gasteiger partial charge in [-0.1, -0.05) is 37.3 Å². The first-order valence-corrected chi connectivity index (χ1v) is 10.0. The fourth-order valence-electron chi connectivity index (χ4n) is 3.54. The Kier molecular flexibility index (Phi) is 6.47.